The Morgan fingerprint density at radius 1 is 1.18 bits per heavy atom. The van der Waals surface area contributed by atoms with Gasteiger partial charge in [-0.1, -0.05) is 19.9 Å². The SMILES string of the molecule is C=C(C)C(=O)OC(CCCC)=C(C)C(=O)OC. The van der Waals surface area contributed by atoms with Crippen LogP contribution in [0, 0.1) is 0 Å². The molecule has 0 N–H and O–H groups in total. The molecule has 0 aliphatic carbocycles. The van der Waals surface area contributed by atoms with Crippen molar-refractivity contribution in [1.82, 2.24) is 0 Å². The highest BCUT2D eigenvalue weighted by Crippen LogP contribution is 2.16. The number of ether oxygens (including phenoxy) is 2. The third-order valence-electron chi connectivity index (χ3n) is 2.23. The summed E-state index contributed by atoms with van der Waals surface area (Å²) in [6, 6.07) is 0. The molecular weight excluding hydrogens is 220 g/mol. The lowest BCUT2D eigenvalue weighted by Gasteiger charge is -2.11. The summed E-state index contributed by atoms with van der Waals surface area (Å²) in [5, 5.41) is 0. The normalized spacial score (nSPS) is 11.5. The van der Waals surface area contributed by atoms with Gasteiger partial charge in [0.15, 0.2) is 0 Å². The number of unbranched alkanes of at least 4 members (excludes halogenated alkanes) is 1. The molecule has 4 heteroatoms. The quantitative estimate of drug-likeness (QED) is 0.407. The molecule has 0 aliphatic heterocycles. The molecule has 0 amide bonds. The molecule has 96 valence electrons. The number of hydrogen-bond donors (Lipinski definition) is 0. The van der Waals surface area contributed by atoms with Crippen molar-refractivity contribution in [3.05, 3.63) is 23.5 Å². The van der Waals surface area contributed by atoms with Crippen molar-refractivity contribution >= 4 is 11.9 Å². The van der Waals surface area contributed by atoms with Crippen molar-refractivity contribution in [3.8, 4) is 0 Å². The second-order valence-electron chi connectivity index (χ2n) is 3.81. The molecule has 0 unspecified atom stereocenters. The summed E-state index contributed by atoms with van der Waals surface area (Å²) in [7, 11) is 1.30. The second-order valence-corrected chi connectivity index (χ2v) is 3.81. The van der Waals surface area contributed by atoms with Gasteiger partial charge in [-0.3, -0.25) is 0 Å². The minimum absolute atomic E-state index is 0.302. The zero-order chi connectivity index (χ0) is 13.4. The van der Waals surface area contributed by atoms with Gasteiger partial charge in [0.05, 0.1) is 12.7 Å². The van der Waals surface area contributed by atoms with Crippen LogP contribution in [-0.4, -0.2) is 19.0 Å². The Labute approximate surface area is 102 Å². The standard InChI is InChI=1S/C13H20O4/c1-6-7-8-11(10(4)13(15)16-5)17-12(14)9(2)3/h2,6-8H2,1,3-5H3. The van der Waals surface area contributed by atoms with Gasteiger partial charge in [0.2, 0.25) is 0 Å². The molecule has 0 rings (SSSR count). The summed E-state index contributed by atoms with van der Waals surface area (Å²) in [5.41, 5.74) is 0.632. The van der Waals surface area contributed by atoms with Crippen LogP contribution in [0.3, 0.4) is 0 Å². The van der Waals surface area contributed by atoms with Gasteiger partial charge < -0.3 is 9.47 Å². The third kappa shape index (κ3) is 5.33. The van der Waals surface area contributed by atoms with E-state index in [1.54, 1.807) is 13.8 Å². The Bertz CT molecular complexity index is 339. The maximum Gasteiger partial charge on any atom is 0.338 e. The highest BCUT2D eigenvalue weighted by Gasteiger charge is 2.15. The smallest absolute Gasteiger partial charge is 0.338 e. The first-order valence-corrected chi connectivity index (χ1v) is 5.59. The molecule has 0 fully saturated rings. The number of esters is 2. The Balaban J connectivity index is 4.92. The van der Waals surface area contributed by atoms with Gasteiger partial charge in [-0.2, -0.15) is 0 Å². The largest absolute Gasteiger partial charge is 0.466 e. The maximum absolute atomic E-state index is 11.4. The van der Waals surface area contributed by atoms with E-state index in [0.717, 1.165) is 12.8 Å². The number of rotatable bonds is 6. The van der Waals surface area contributed by atoms with E-state index in [9.17, 15) is 9.59 Å². The summed E-state index contributed by atoms with van der Waals surface area (Å²) in [6.45, 7) is 8.67. The fourth-order valence-corrected chi connectivity index (χ4v) is 1.12. The van der Waals surface area contributed by atoms with E-state index in [-0.39, 0.29) is 0 Å². The summed E-state index contributed by atoms with van der Waals surface area (Å²) >= 11 is 0. The zero-order valence-electron chi connectivity index (χ0n) is 11.0. The Kier molecular flexibility index (Phi) is 6.94. The predicted octanol–water partition coefficient (Wildman–Crippen LogP) is 2.74. The summed E-state index contributed by atoms with van der Waals surface area (Å²) in [6.07, 6.45) is 2.33. The van der Waals surface area contributed by atoms with Crippen LogP contribution in [0.2, 0.25) is 0 Å². The van der Waals surface area contributed by atoms with E-state index in [0.29, 0.717) is 23.3 Å². The van der Waals surface area contributed by atoms with Crippen molar-refractivity contribution in [1.29, 1.82) is 0 Å². The fourth-order valence-electron chi connectivity index (χ4n) is 1.12. The van der Waals surface area contributed by atoms with Gasteiger partial charge in [0.25, 0.3) is 0 Å². The van der Waals surface area contributed by atoms with Gasteiger partial charge in [-0.05, 0) is 20.3 Å². The third-order valence-corrected chi connectivity index (χ3v) is 2.23. The molecule has 0 aromatic rings. The van der Waals surface area contributed by atoms with E-state index in [2.05, 4.69) is 11.3 Å². The van der Waals surface area contributed by atoms with Gasteiger partial charge in [-0.15, -0.1) is 0 Å². The lowest BCUT2D eigenvalue weighted by molar-refractivity contribution is -0.137. The molecular formula is C13H20O4. The first-order chi connectivity index (χ1) is 7.93. The molecule has 0 spiro atoms. The van der Waals surface area contributed by atoms with Gasteiger partial charge >= 0.3 is 11.9 Å². The highest BCUT2D eigenvalue weighted by atomic mass is 16.5. The molecule has 4 nitrogen and oxygen atoms in total. The van der Waals surface area contributed by atoms with Gasteiger partial charge in [0.1, 0.15) is 5.76 Å². The second kappa shape index (κ2) is 7.65. The average Bonchev–Trinajstić information content (AvgIpc) is 2.31. The lowest BCUT2D eigenvalue weighted by Crippen LogP contribution is -2.11. The molecule has 0 aromatic carbocycles. The van der Waals surface area contributed by atoms with Crippen LogP contribution in [0.5, 0.6) is 0 Å². The number of carbonyl (C=O) groups is 2. The molecule has 0 saturated carbocycles. The minimum atomic E-state index is -0.514. The molecule has 0 heterocycles. The van der Waals surface area contributed by atoms with Crippen molar-refractivity contribution in [2.75, 3.05) is 7.11 Å². The van der Waals surface area contributed by atoms with E-state index in [1.807, 2.05) is 6.92 Å². The van der Waals surface area contributed by atoms with Crippen LogP contribution in [0.4, 0.5) is 0 Å². The van der Waals surface area contributed by atoms with Crippen LogP contribution in [0.1, 0.15) is 40.0 Å². The maximum atomic E-state index is 11.4. The highest BCUT2D eigenvalue weighted by molar-refractivity contribution is 5.91. The first kappa shape index (κ1) is 15.4. The van der Waals surface area contributed by atoms with Gasteiger partial charge in [-0.25, -0.2) is 9.59 Å². The number of allylic oxidation sites excluding steroid dienone is 1. The van der Waals surface area contributed by atoms with E-state index in [4.69, 9.17) is 4.74 Å². The van der Waals surface area contributed by atoms with Crippen molar-refractivity contribution in [2.45, 2.75) is 40.0 Å². The molecule has 0 bridgehead atoms. The predicted molar refractivity (Wildman–Crippen MR) is 65.1 cm³/mol. The Morgan fingerprint density at radius 2 is 1.76 bits per heavy atom. The summed E-state index contributed by atoms with van der Waals surface area (Å²) in [5.74, 6) is -0.628. The molecule has 0 aliphatic rings. The van der Waals surface area contributed by atoms with Crippen molar-refractivity contribution in [3.63, 3.8) is 0 Å². The summed E-state index contributed by atoms with van der Waals surface area (Å²) < 4.78 is 9.74. The molecule has 0 aromatic heterocycles. The van der Waals surface area contributed by atoms with Gasteiger partial charge in [0, 0.05) is 12.0 Å². The lowest BCUT2D eigenvalue weighted by atomic mass is 10.1. The minimum Gasteiger partial charge on any atom is -0.466 e. The zero-order valence-corrected chi connectivity index (χ0v) is 11.0. The van der Waals surface area contributed by atoms with Crippen LogP contribution in [0.25, 0.3) is 0 Å². The number of hydrogen-bond acceptors (Lipinski definition) is 4. The number of methoxy groups -OCH3 is 1. The Morgan fingerprint density at radius 3 is 2.18 bits per heavy atom. The van der Waals surface area contributed by atoms with E-state index in [1.165, 1.54) is 7.11 Å². The monoisotopic (exact) mass is 240 g/mol. The van der Waals surface area contributed by atoms with Crippen LogP contribution < -0.4 is 0 Å². The fraction of sp³-hybridized carbons (Fsp3) is 0.538. The molecule has 0 atom stereocenters. The first-order valence-electron chi connectivity index (χ1n) is 5.59. The topological polar surface area (TPSA) is 52.6 Å². The van der Waals surface area contributed by atoms with Crippen molar-refractivity contribution < 1.29 is 19.1 Å². The molecule has 17 heavy (non-hydrogen) atoms. The Hall–Kier alpha value is -1.58. The van der Waals surface area contributed by atoms with Crippen molar-refractivity contribution in [2.24, 2.45) is 0 Å². The van der Waals surface area contributed by atoms with Crippen LogP contribution in [0.15, 0.2) is 23.5 Å². The van der Waals surface area contributed by atoms with E-state index >= 15 is 0 Å². The number of carbonyl (C=O) groups excluding carboxylic acids is 2. The van der Waals surface area contributed by atoms with E-state index < -0.39 is 11.9 Å². The van der Waals surface area contributed by atoms with Crippen LogP contribution in [-0.2, 0) is 19.1 Å². The average molecular weight is 240 g/mol. The summed E-state index contributed by atoms with van der Waals surface area (Å²) in [4.78, 5) is 22.8. The van der Waals surface area contributed by atoms with Crippen LogP contribution >= 0.6 is 0 Å². The molecule has 0 radical (unpaired) electrons. The molecule has 0 saturated heterocycles.